The van der Waals surface area contributed by atoms with Gasteiger partial charge >= 0.3 is 0 Å². The maximum atomic E-state index is 11.2. The summed E-state index contributed by atoms with van der Waals surface area (Å²) < 4.78 is 24.8. The molecule has 94 valence electrons. The van der Waals surface area contributed by atoms with Crippen molar-refractivity contribution in [2.45, 2.75) is 43.7 Å². The maximum Gasteiger partial charge on any atom is 0.209 e. The van der Waals surface area contributed by atoms with Crippen molar-refractivity contribution in [1.82, 2.24) is 4.72 Å². The Kier molecular flexibility index (Phi) is 3.99. The number of sulfonamides is 1. The summed E-state index contributed by atoms with van der Waals surface area (Å²) >= 11 is 0. The average molecular weight is 263 g/mol. The van der Waals surface area contributed by atoms with Gasteiger partial charge in [-0.1, -0.05) is 31.8 Å². The Balaban J connectivity index is 2.83. The number of hydrogen-bond donors (Lipinski definition) is 2. The largest absolute Gasteiger partial charge is 0.391 e. The number of rotatable bonds is 3. The van der Waals surface area contributed by atoms with Crippen LogP contribution < -0.4 is 4.72 Å². The van der Waals surface area contributed by atoms with Gasteiger partial charge in [0.1, 0.15) is 0 Å². The predicted octanol–water partition coefficient (Wildman–Crippen LogP) is 0.933. The second-order valence-electron chi connectivity index (χ2n) is 5.54. The van der Waals surface area contributed by atoms with E-state index in [9.17, 15) is 13.5 Å². The summed E-state index contributed by atoms with van der Waals surface area (Å²) in [5, 5.41) is 10.2. The molecule has 0 radical (unpaired) electrons. The quantitative estimate of drug-likeness (QED) is 0.588. The lowest BCUT2D eigenvalue weighted by Crippen LogP contribution is -2.50. The molecule has 4 nitrogen and oxygen atoms in total. The highest BCUT2D eigenvalue weighted by Crippen LogP contribution is 2.33. The molecule has 0 amide bonds. The van der Waals surface area contributed by atoms with E-state index in [-0.39, 0.29) is 11.6 Å². The van der Waals surface area contributed by atoms with Crippen molar-refractivity contribution < 1.29 is 13.5 Å². The third-order valence-corrected chi connectivity index (χ3v) is 6.14. The second-order valence-corrected chi connectivity index (χ2v) is 12.7. The fraction of sp³-hybridized carbons (Fsp3) is 0.800. The first-order valence-electron chi connectivity index (χ1n) is 5.43. The molecular formula is C10H21NO3SSi. The lowest BCUT2D eigenvalue weighted by atomic mass is 9.99. The van der Waals surface area contributed by atoms with Crippen LogP contribution in [0.25, 0.3) is 0 Å². The average Bonchev–Trinajstić information content (AvgIpc) is 2.04. The van der Waals surface area contributed by atoms with Gasteiger partial charge in [-0.25, -0.2) is 13.1 Å². The van der Waals surface area contributed by atoms with E-state index >= 15 is 0 Å². The van der Waals surface area contributed by atoms with Crippen LogP contribution in [0.5, 0.6) is 0 Å². The van der Waals surface area contributed by atoms with Crippen LogP contribution in [0.3, 0.4) is 0 Å². The van der Waals surface area contributed by atoms with E-state index in [1.807, 2.05) is 12.2 Å². The van der Waals surface area contributed by atoms with E-state index in [0.717, 1.165) is 6.26 Å². The van der Waals surface area contributed by atoms with Crippen molar-refractivity contribution in [3.63, 3.8) is 0 Å². The Labute approximate surface area is 98.8 Å². The van der Waals surface area contributed by atoms with Crippen LogP contribution in [0, 0.1) is 0 Å². The minimum Gasteiger partial charge on any atom is -0.391 e. The topological polar surface area (TPSA) is 66.4 Å². The summed E-state index contributed by atoms with van der Waals surface area (Å²) in [7, 11) is -4.76. The molecule has 2 N–H and O–H groups in total. The van der Waals surface area contributed by atoms with Crippen LogP contribution in [0.15, 0.2) is 12.2 Å². The number of hydrogen-bond acceptors (Lipinski definition) is 3. The van der Waals surface area contributed by atoms with Gasteiger partial charge in [0.25, 0.3) is 0 Å². The molecule has 0 aromatic carbocycles. The Bertz CT molecular complexity index is 372. The van der Waals surface area contributed by atoms with Crippen LogP contribution in [0.1, 0.15) is 6.42 Å². The molecule has 0 aromatic rings. The van der Waals surface area contributed by atoms with E-state index < -0.39 is 24.2 Å². The summed E-state index contributed by atoms with van der Waals surface area (Å²) in [6.45, 7) is 6.52. The van der Waals surface area contributed by atoms with Crippen LogP contribution >= 0.6 is 0 Å². The van der Waals surface area contributed by atoms with Crippen LogP contribution in [0.2, 0.25) is 25.2 Å². The Hall–Kier alpha value is -0.173. The van der Waals surface area contributed by atoms with Gasteiger partial charge in [-0.05, 0) is 12.0 Å². The Morgan fingerprint density at radius 2 is 1.94 bits per heavy atom. The van der Waals surface area contributed by atoms with Crippen molar-refractivity contribution >= 4 is 18.1 Å². The predicted molar refractivity (Wildman–Crippen MR) is 68.6 cm³/mol. The van der Waals surface area contributed by atoms with Gasteiger partial charge in [-0.3, -0.25) is 0 Å². The van der Waals surface area contributed by atoms with Crippen molar-refractivity contribution in [3.8, 4) is 0 Å². The highest BCUT2D eigenvalue weighted by Gasteiger charge is 2.37. The molecule has 1 aliphatic carbocycles. The zero-order chi connectivity index (χ0) is 12.6. The van der Waals surface area contributed by atoms with Crippen molar-refractivity contribution in [3.05, 3.63) is 12.2 Å². The van der Waals surface area contributed by atoms with E-state index in [1.165, 1.54) is 0 Å². The monoisotopic (exact) mass is 263 g/mol. The van der Waals surface area contributed by atoms with Gasteiger partial charge in [0.05, 0.1) is 26.5 Å². The highest BCUT2D eigenvalue weighted by atomic mass is 32.2. The summed E-state index contributed by atoms with van der Waals surface area (Å²) in [4.78, 5) is 0. The van der Waals surface area contributed by atoms with Crippen molar-refractivity contribution in [2.24, 2.45) is 0 Å². The molecule has 1 aliphatic rings. The van der Waals surface area contributed by atoms with Crippen molar-refractivity contribution in [1.29, 1.82) is 0 Å². The van der Waals surface area contributed by atoms with E-state index in [1.54, 1.807) is 0 Å². The lowest BCUT2D eigenvalue weighted by molar-refractivity contribution is 0.134. The zero-order valence-electron chi connectivity index (χ0n) is 10.3. The number of aliphatic hydroxyl groups excluding tert-OH is 1. The standard InChI is InChI=1S/C10H21NO3SSi/c1-15(13,14)11-8-6-5-7-9(10(8)12)16(2,3)4/h5,7-12H,6H2,1-4H3/t8-,9-,10-/m0/s1. The normalized spacial score (nSPS) is 31.7. The first kappa shape index (κ1) is 13.9. The molecule has 16 heavy (non-hydrogen) atoms. The van der Waals surface area contributed by atoms with Crippen molar-refractivity contribution in [2.75, 3.05) is 6.26 Å². The minimum absolute atomic E-state index is 0.112. The zero-order valence-corrected chi connectivity index (χ0v) is 12.1. The van der Waals surface area contributed by atoms with Crippen LogP contribution in [0.4, 0.5) is 0 Å². The molecular weight excluding hydrogens is 242 g/mol. The molecule has 0 saturated heterocycles. The van der Waals surface area contributed by atoms with Gasteiger partial charge in [0.15, 0.2) is 0 Å². The molecule has 6 heteroatoms. The van der Waals surface area contributed by atoms with E-state index in [2.05, 4.69) is 24.4 Å². The number of nitrogens with one attached hydrogen (secondary N) is 1. The summed E-state index contributed by atoms with van der Waals surface area (Å²) in [5.41, 5.74) is 0.112. The Morgan fingerprint density at radius 1 is 1.38 bits per heavy atom. The maximum absolute atomic E-state index is 11.2. The fourth-order valence-corrected chi connectivity index (χ4v) is 4.82. The lowest BCUT2D eigenvalue weighted by Gasteiger charge is -2.37. The molecule has 3 atom stereocenters. The van der Waals surface area contributed by atoms with Gasteiger partial charge in [-0.15, -0.1) is 0 Å². The summed E-state index contributed by atoms with van der Waals surface area (Å²) in [6, 6.07) is -0.378. The van der Waals surface area contributed by atoms with Gasteiger partial charge in [-0.2, -0.15) is 0 Å². The molecule has 0 aliphatic heterocycles. The molecule has 0 saturated carbocycles. The second kappa shape index (κ2) is 4.60. The Morgan fingerprint density at radius 3 is 2.38 bits per heavy atom. The summed E-state index contributed by atoms with van der Waals surface area (Å²) in [6.07, 6.45) is 5.10. The molecule has 0 spiro atoms. The SMILES string of the molecule is C[Si](C)(C)[C@H]1C=CC[C@H](NS(C)(=O)=O)[C@@H]1O. The first-order chi connectivity index (χ1) is 7.11. The minimum atomic E-state index is -3.25. The molecule has 0 bridgehead atoms. The van der Waals surface area contributed by atoms with Gasteiger partial charge in [0.2, 0.25) is 10.0 Å². The molecule has 0 heterocycles. The first-order valence-corrected chi connectivity index (χ1v) is 10.9. The van der Waals surface area contributed by atoms with Gasteiger partial charge in [0, 0.05) is 0 Å². The van der Waals surface area contributed by atoms with Crippen LogP contribution in [-0.2, 0) is 10.0 Å². The molecule has 0 aromatic heterocycles. The molecule has 0 fully saturated rings. The number of aliphatic hydroxyl groups is 1. The highest BCUT2D eigenvalue weighted by molar-refractivity contribution is 7.88. The molecule has 1 rings (SSSR count). The van der Waals surface area contributed by atoms with Gasteiger partial charge < -0.3 is 5.11 Å². The third-order valence-electron chi connectivity index (χ3n) is 2.88. The fourth-order valence-electron chi connectivity index (χ4n) is 2.07. The summed E-state index contributed by atoms with van der Waals surface area (Å²) in [5.74, 6) is 0. The van der Waals surface area contributed by atoms with E-state index in [0.29, 0.717) is 6.42 Å². The molecule has 0 unspecified atom stereocenters. The van der Waals surface area contributed by atoms with Crippen LogP contribution in [-0.4, -0.2) is 40.0 Å². The smallest absolute Gasteiger partial charge is 0.209 e. The third kappa shape index (κ3) is 3.69. The van der Waals surface area contributed by atoms with E-state index in [4.69, 9.17) is 0 Å².